The van der Waals surface area contributed by atoms with Gasteiger partial charge < -0.3 is 9.72 Å². The number of ether oxygens (including phenoxy) is 1. The number of hydrogen-bond acceptors (Lipinski definition) is 4. The van der Waals surface area contributed by atoms with Gasteiger partial charge in [0.2, 0.25) is 0 Å². The van der Waals surface area contributed by atoms with Crippen LogP contribution in [0.1, 0.15) is 37.0 Å². The maximum atomic E-state index is 12.5. The third-order valence-corrected chi connectivity index (χ3v) is 5.72. The average molecular weight is 438 g/mol. The topological polar surface area (TPSA) is 67.3 Å². The fourth-order valence-corrected chi connectivity index (χ4v) is 3.75. The Morgan fingerprint density at radius 1 is 1.03 bits per heavy atom. The van der Waals surface area contributed by atoms with Crippen LogP contribution in [0, 0.1) is 0 Å². The van der Waals surface area contributed by atoms with Crippen LogP contribution in [0.2, 0.25) is 0 Å². The molecule has 0 bridgehead atoms. The molecule has 33 heavy (non-hydrogen) atoms. The van der Waals surface area contributed by atoms with Gasteiger partial charge in [-0.1, -0.05) is 37.6 Å². The summed E-state index contributed by atoms with van der Waals surface area (Å²) in [5.74, 6) is 0.847. The van der Waals surface area contributed by atoms with Crippen LogP contribution in [0.4, 0.5) is 5.69 Å². The molecule has 0 aliphatic rings. The van der Waals surface area contributed by atoms with Gasteiger partial charge in [0.25, 0.3) is 0 Å². The minimum absolute atomic E-state index is 0.0281. The molecule has 0 fully saturated rings. The second-order valence-electron chi connectivity index (χ2n) is 7.71. The maximum absolute atomic E-state index is 12.5. The van der Waals surface area contributed by atoms with Crippen molar-refractivity contribution in [1.29, 1.82) is 0 Å². The highest BCUT2D eigenvalue weighted by molar-refractivity contribution is 6.05. The second kappa shape index (κ2) is 10.1. The van der Waals surface area contributed by atoms with Crippen LogP contribution in [-0.4, -0.2) is 22.9 Å². The van der Waals surface area contributed by atoms with E-state index < -0.39 is 0 Å². The number of benzene rings is 2. The molecule has 2 aromatic carbocycles. The van der Waals surface area contributed by atoms with E-state index in [1.165, 1.54) is 0 Å². The summed E-state index contributed by atoms with van der Waals surface area (Å²) in [4.78, 5) is 25.1. The van der Waals surface area contributed by atoms with Crippen LogP contribution in [0.3, 0.4) is 0 Å². The molecule has 166 valence electrons. The molecule has 2 aromatic heterocycles. The fourth-order valence-electron chi connectivity index (χ4n) is 3.75. The third kappa shape index (κ3) is 4.93. The van der Waals surface area contributed by atoms with Crippen LogP contribution < -0.4 is 10.2 Å². The highest BCUT2D eigenvalue weighted by Gasteiger charge is 2.08. The lowest BCUT2D eigenvalue weighted by Crippen LogP contribution is -2.04. The van der Waals surface area contributed by atoms with Crippen molar-refractivity contribution < 1.29 is 9.53 Å². The molecule has 5 nitrogen and oxygen atoms in total. The molecule has 4 rings (SSSR count). The molecule has 0 amide bonds. The highest BCUT2D eigenvalue weighted by atomic mass is 16.5. The molecule has 0 spiro atoms. The van der Waals surface area contributed by atoms with E-state index in [-0.39, 0.29) is 5.78 Å². The maximum Gasteiger partial charge on any atom is 0.185 e. The summed E-state index contributed by atoms with van der Waals surface area (Å²) in [6.07, 6.45) is 7.23. The number of ketones is 1. The van der Waals surface area contributed by atoms with Crippen LogP contribution in [0.15, 0.2) is 89.7 Å². The number of methoxy groups -OCH3 is 1. The zero-order chi connectivity index (χ0) is 23.2. The number of fused-ring (bicyclic) bond motifs is 1. The zero-order valence-corrected chi connectivity index (χ0v) is 19.1. The molecule has 4 aromatic rings. The number of aromatic nitrogens is 2. The molecule has 0 radical (unpaired) electrons. The first-order valence-corrected chi connectivity index (χ1v) is 11.1. The van der Waals surface area contributed by atoms with Gasteiger partial charge in [-0.05, 0) is 66.9 Å². The molecular formula is C28H27N3O2. The van der Waals surface area contributed by atoms with Crippen LogP contribution in [0.25, 0.3) is 22.0 Å². The molecule has 0 aliphatic carbocycles. The van der Waals surface area contributed by atoms with Gasteiger partial charge in [-0.3, -0.25) is 4.79 Å². The van der Waals surface area contributed by atoms with Gasteiger partial charge in [0, 0.05) is 28.9 Å². The fraction of sp³-hybridized carbons (Fsp3) is 0.179. The van der Waals surface area contributed by atoms with Crippen molar-refractivity contribution in [3.05, 3.63) is 95.8 Å². The van der Waals surface area contributed by atoms with Crippen molar-refractivity contribution in [1.82, 2.24) is 9.97 Å². The van der Waals surface area contributed by atoms with E-state index >= 15 is 0 Å². The summed E-state index contributed by atoms with van der Waals surface area (Å²) in [6, 6.07) is 19.2. The van der Waals surface area contributed by atoms with Gasteiger partial charge in [-0.15, -0.1) is 0 Å². The van der Waals surface area contributed by atoms with Crippen molar-refractivity contribution >= 4 is 22.4 Å². The van der Waals surface area contributed by atoms with Gasteiger partial charge in [-0.25, -0.2) is 9.98 Å². The van der Waals surface area contributed by atoms with Crippen LogP contribution >= 0.6 is 0 Å². The Labute approximate surface area is 193 Å². The van der Waals surface area contributed by atoms with Gasteiger partial charge in [0.1, 0.15) is 5.75 Å². The molecular weight excluding hydrogens is 410 g/mol. The third-order valence-electron chi connectivity index (χ3n) is 5.72. The van der Waals surface area contributed by atoms with Crippen molar-refractivity contribution in [3.63, 3.8) is 0 Å². The lowest BCUT2D eigenvalue weighted by Gasteiger charge is -2.02. The Morgan fingerprint density at radius 2 is 1.76 bits per heavy atom. The standard InChI is InChI=1S/C28H27N3O2/c1-4-19(5-2)17-26(32)21-8-12-22(13-9-21)31-28-27-24(7-6-16-29-28)25(18-30-27)20-10-14-23(33-3)15-11-20/h6-18,30H,4-5H2,1-3H3. The Hall–Kier alpha value is -3.99. The van der Waals surface area contributed by atoms with Crippen molar-refractivity contribution in [2.45, 2.75) is 26.7 Å². The molecule has 0 aliphatic heterocycles. The predicted molar refractivity (Wildman–Crippen MR) is 133 cm³/mol. The molecule has 1 N–H and O–H groups in total. The van der Waals surface area contributed by atoms with E-state index in [0.717, 1.165) is 51.9 Å². The second-order valence-corrected chi connectivity index (χ2v) is 7.71. The quantitative estimate of drug-likeness (QED) is 0.269. The SMILES string of the molecule is CCC(=CC(=O)c1ccc(N=c2ncccc3c(-c4ccc(OC)cc4)c[nH]c23)cc1)CC. The number of nitrogens with one attached hydrogen (secondary N) is 1. The van der Waals surface area contributed by atoms with E-state index in [4.69, 9.17) is 9.73 Å². The first kappa shape index (κ1) is 22.2. The monoisotopic (exact) mass is 437 g/mol. The summed E-state index contributed by atoms with van der Waals surface area (Å²) >= 11 is 0. The number of rotatable bonds is 7. The predicted octanol–water partition coefficient (Wildman–Crippen LogP) is 6.40. The minimum Gasteiger partial charge on any atom is -0.497 e. The summed E-state index contributed by atoms with van der Waals surface area (Å²) in [7, 11) is 1.66. The number of carbonyl (C=O) groups is 1. The van der Waals surface area contributed by atoms with Gasteiger partial charge in [-0.2, -0.15) is 0 Å². The van der Waals surface area contributed by atoms with E-state index in [0.29, 0.717) is 11.1 Å². The van der Waals surface area contributed by atoms with Crippen molar-refractivity contribution in [3.8, 4) is 16.9 Å². The Balaban J connectivity index is 1.71. The normalized spacial score (nSPS) is 11.4. The first-order chi connectivity index (χ1) is 16.1. The van der Waals surface area contributed by atoms with E-state index in [2.05, 4.69) is 23.8 Å². The summed E-state index contributed by atoms with van der Waals surface area (Å²) < 4.78 is 5.27. The number of aromatic amines is 1. The Morgan fingerprint density at radius 3 is 2.42 bits per heavy atom. The Bertz CT molecular complexity index is 1360. The average Bonchev–Trinajstić information content (AvgIpc) is 3.18. The molecule has 5 heteroatoms. The van der Waals surface area contributed by atoms with Crippen molar-refractivity contribution in [2.75, 3.05) is 7.11 Å². The summed E-state index contributed by atoms with van der Waals surface area (Å²) in [5, 5.41) is 1.03. The van der Waals surface area contributed by atoms with Gasteiger partial charge in [0.05, 0.1) is 18.3 Å². The molecule has 0 saturated carbocycles. The van der Waals surface area contributed by atoms with E-state index in [1.807, 2.05) is 66.9 Å². The number of nitrogens with zero attached hydrogens (tertiary/aromatic N) is 2. The number of carbonyl (C=O) groups excluding carboxylic acids is 1. The van der Waals surface area contributed by atoms with Gasteiger partial charge >= 0.3 is 0 Å². The summed E-state index contributed by atoms with van der Waals surface area (Å²) in [6.45, 7) is 4.14. The lowest BCUT2D eigenvalue weighted by molar-refractivity contribution is 0.104. The lowest BCUT2D eigenvalue weighted by atomic mass is 10.0. The van der Waals surface area contributed by atoms with E-state index in [9.17, 15) is 4.79 Å². The summed E-state index contributed by atoms with van der Waals surface area (Å²) in [5.41, 5.74) is 6.13. The smallest absolute Gasteiger partial charge is 0.185 e. The van der Waals surface area contributed by atoms with E-state index in [1.54, 1.807) is 19.4 Å². The number of H-pyrrole nitrogens is 1. The Kier molecular flexibility index (Phi) is 6.79. The number of allylic oxidation sites excluding steroid dienone is 2. The van der Waals surface area contributed by atoms with Crippen molar-refractivity contribution in [2.24, 2.45) is 4.99 Å². The highest BCUT2D eigenvalue weighted by Crippen LogP contribution is 2.28. The number of hydrogen-bond donors (Lipinski definition) is 1. The first-order valence-electron chi connectivity index (χ1n) is 11.1. The molecule has 0 saturated heterocycles. The molecule has 2 heterocycles. The molecule has 0 atom stereocenters. The zero-order valence-electron chi connectivity index (χ0n) is 19.1. The van der Waals surface area contributed by atoms with Crippen LogP contribution in [0.5, 0.6) is 5.75 Å². The minimum atomic E-state index is 0.0281. The van der Waals surface area contributed by atoms with Crippen LogP contribution in [-0.2, 0) is 0 Å². The largest absolute Gasteiger partial charge is 0.497 e. The molecule has 0 unspecified atom stereocenters. The van der Waals surface area contributed by atoms with Gasteiger partial charge in [0.15, 0.2) is 11.3 Å².